The summed E-state index contributed by atoms with van der Waals surface area (Å²) in [5.74, 6) is 0. The third-order valence-electron chi connectivity index (χ3n) is 3.01. The molecule has 0 spiro atoms. The fourth-order valence-electron chi connectivity index (χ4n) is 1.88. The molecule has 0 aliphatic carbocycles. The summed E-state index contributed by atoms with van der Waals surface area (Å²) in [7, 11) is -3.37. The zero-order valence-electron chi connectivity index (χ0n) is 12.6. The van der Waals surface area contributed by atoms with Gasteiger partial charge in [-0.05, 0) is 32.4 Å². The van der Waals surface area contributed by atoms with Crippen LogP contribution in [0.1, 0.15) is 51.3 Å². The molecule has 0 aliphatic rings. The van der Waals surface area contributed by atoms with Gasteiger partial charge in [-0.25, -0.2) is 13.1 Å². The summed E-state index contributed by atoms with van der Waals surface area (Å²) in [6.07, 6.45) is 4.08. The first kappa shape index (κ1) is 17.6. The number of sulfonamides is 1. The Hall–Kier alpha value is -0.430. The third-order valence-corrected chi connectivity index (χ3v) is 5.67. The zero-order chi connectivity index (χ0) is 15.0. The highest BCUT2D eigenvalue weighted by molar-refractivity contribution is 7.89. The van der Waals surface area contributed by atoms with Gasteiger partial charge in [0.15, 0.2) is 0 Å². The van der Waals surface area contributed by atoms with Crippen LogP contribution >= 0.6 is 11.3 Å². The van der Waals surface area contributed by atoms with E-state index in [4.69, 9.17) is 0 Å². The Morgan fingerprint density at radius 2 is 2.05 bits per heavy atom. The molecule has 4 nitrogen and oxygen atoms in total. The van der Waals surface area contributed by atoms with Gasteiger partial charge < -0.3 is 5.32 Å². The van der Waals surface area contributed by atoms with Crippen LogP contribution in [0.3, 0.4) is 0 Å². The highest BCUT2D eigenvalue weighted by Gasteiger charge is 2.18. The van der Waals surface area contributed by atoms with Crippen LogP contribution in [0.2, 0.25) is 0 Å². The lowest BCUT2D eigenvalue weighted by molar-refractivity contribution is 0.534. The quantitative estimate of drug-likeness (QED) is 0.652. The molecule has 0 aliphatic heterocycles. The summed E-state index contributed by atoms with van der Waals surface area (Å²) in [4.78, 5) is 1.44. The van der Waals surface area contributed by atoms with Crippen molar-refractivity contribution in [3.8, 4) is 0 Å². The molecule has 1 unspecified atom stereocenters. The van der Waals surface area contributed by atoms with E-state index in [0.717, 1.165) is 43.6 Å². The van der Waals surface area contributed by atoms with Crippen LogP contribution in [0.25, 0.3) is 0 Å². The lowest BCUT2D eigenvalue weighted by Gasteiger charge is -2.12. The van der Waals surface area contributed by atoms with E-state index in [0.29, 0.717) is 4.90 Å². The van der Waals surface area contributed by atoms with Crippen molar-refractivity contribution in [3.05, 3.63) is 16.3 Å². The Labute approximate surface area is 127 Å². The molecule has 0 saturated heterocycles. The van der Waals surface area contributed by atoms with Gasteiger partial charge in [0.1, 0.15) is 0 Å². The fourth-order valence-corrected chi connectivity index (χ4v) is 4.41. The van der Waals surface area contributed by atoms with Crippen LogP contribution in [0, 0.1) is 0 Å². The van der Waals surface area contributed by atoms with E-state index < -0.39 is 10.0 Å². The van der Waals surface area contributed by atoms with Crippen molar-refractivity contribution in [2.45, 2.75) is 63.9 Å². The molecule has 1 heterocycles. The normalized spacial score (nSPS) is 13.6. The maximum Gasteiger partial charge on any atom is 0.241 e. The molecular weight excluding hydrogens is 292 g/mol. The fraction of sp³-hybridized carbons (Fsp3) is 0.714. The van der Waals surface area contributed by atoms with Crippen molar-refractivity contribution in [1.29, 1.82) is 0 Å². The summed E-state index contributed by atoms with van der Waals surface area (Å²) in [6, 6.07) is 1.75. The lowest BCUT2D eigenvalue weighted by atomic mass is 10.2. The van der Waals surface area contributed by atoms with Crippen molar-refractivity contribution in [2.24, 2.45) is 0 Å². The largest absolute Gasteiger partial charge is 0.312 e. The minimum Gasteiger partial charge on any atom is -0.312 e. The number of unbranched alkanes of at least 4 members (excludes halogenated alkanes) is 1. The lowest BCUT2D eigenvalue weighted by Crippen LogP contribution is -2.32. The standard InChI is InChI=1S/C14H26N2O2S2/c1-4-6-7-12(3)16-20(17,18)14-9-13(19-11-14)10-15-8-5-2/h9,11-12,15-16H,4-8,10H2,1-3H3. The predicted octanol–water partition coefficient (Wildman–Crippen LogP) is 3.10. The molecule has 20 heavy (non-hydrogen) atoms. The summed E-state index contributed by atoms with van der Waals surface area (Å²) < 4.78 is 27.2. The second-order valence-electron chi connectivity index (χ2n) is 5.09. The van der Waals surface area contributed by atoms with Gasteiger partial charge in [0.25, 0.3) is 0 Å². The number of hydrogen-bond donors (Lipinski definition) is 2. The van der Waals surface area contributed by atoms with Gasteiger partial charge in [-0.1, -0.05) is 26.7 Å². The van der Waals surface area contributed by atoms with Gasteiger partial charge in [-0.15, -0.1) is 11.3 Å². The van der Waals surface area contributed by atoms with E-state index in [1.807, 2.05) is 6.92 Å². The van der Waals surface area contributed by atoms with E-state index >= 15 is 0 Å². The maximum atomic E-state index is 12.2. The number of thiophene rings is 1. The number of hydrogen-bond acceptors (Lipinski definition) is 4. The van der Waals surface area contributed by atoms with Crippen molar-refractivity contribution < 1.29 is 8.42 Å². The van der Waals surface area contributed by atoms with Crippen molar-refractivity contribution >= 4 is 21.4 Å². The van der Waals surface area contributed by atoms with Gasteiger partial charge in [-0.2, -0.15) is 0 Å². The SMILES string of the molecule is CCCCC(C)NS(=O)(=O)c1csc(CNCCC)c1. The molecule has 0 radical (unpaired) electrons. The third kappa shape index (κ3) is 5.91. The Bertz CT molecular complexity index is 483. The van der Waals surface area contributed by atoms with Crippen LogP contribution in [0.4, 0.5) is 0 Å². The summed E-state index contributed by atoms with van der Waals surface area (Å²) in [6.45, 7) is 7.82. The monoisotopic (exact) mass is 318 g/mol. The highest BCUT2D eigenvalue weighted by atomic mass is 32.2. The molecule has 0 aromatic carbocycles. The predicted molar refractivity (Wildman–Crippen MR) is 85.6 cm³/mol. The summed E-state index contributed by atoms with van der Waals surface area (Å²) in [5, 5.41) is 5.00. The summed E-state index contributed by atoms with van der Waals surface area (Å²) >= 11 is 1.49. The second-order valence-corrected chi connectivity index (χ2v) is 7.80. The minimum absolute atomic E-state index is 0.0125. The molecule has 0 amide bonds. The first-order valence-electron chi connectivity index (χ1n) is 7.30. The van der Waals surface area contributed by atoms with Gasteiger partial charge in [0.2, 0.25) is 10.0 Å². The average molecular weight is 319 g/mol. The van der Waals surface area contributed by atoms with Gasteiger partial charge >= 0.3 is 0 Å². The zero-order valence-corrected chi connectivity index (χ0v) is 14.2. The molecular formula is C14H26N2O2S2. The van der Waals surface area contributed by atoms with Crippen LogP contribution in [-0.2, 0) is 16.6 Å². The maximum absolute atomic E-state index is 12.2. The van der Waals surface area contributed by atoms with E-state index in [1.54, 1.807) is 11.4 Å². The van der Waals surface area contributed by atoms with Crippen molar-refractivity contribution in [2.75, 3.05) is 6.54 Å². The van der Waals surface area contributed by atoms with Crippen molar-refractivity contribution in [3.63, 3.8) is 0 Å². The molecule has 0 bridgehead atoms. The number of nitrogens with one attached hydrogen (secondary N) is 2. The topological polar surface area (TPSA) is 58.2 Å². The van der Waals surface area contributed by atoms with E-state index in [1.165, 1.54) is 11.3 Å². The molecule has 116 valence electrons. The first-order chi connectivity index (χ1) is 9.49. The van der Waals surface area contributed by atoms with Crippen LogP contribution < -0.4 is 10.0 Å². The Morgan fingerprint density at radius 1 is 1.30 bits per heavy atom. The second kappa shape index (κ2) is 8.77. The molecule has 1 atom stereocenters. The highest BCUT2D eigenvalue weighted by Crippen LogP contribution is 2.19. The van der Waals surface area contributed by atoms with Crippen LogP contribution in [0.5, 0.6) is 0 Å². The Balaban J connectivity index is 2.59. The molecule has 1 aromatic rings. The van der Waals surface area contributed by atoms with Crippen LogP contribution in [-0.4, -0.2) is 21.0 Å². The number of rotatable bonds is 10. The molecule has 0 saturated carbocycles. The molecule has 1 rings (SSSR count). The Kier molecular flexibility index (Phi) is 7.72. The molecule has 6 heteroatoms. The van der Waals surface area contributed by atoms with Crippen LogP contribution in [0.15, 0.2) is 16.3 Å². The van der Waals surface area contributed by atoms with E-state index in [-0.39, 0.29) is 6.04 Å². The van der Waals surface area contributed by atoms with Gasteiger partial charge in [0.05, 0.1) is 4.90 Å². The van der Waals surface area contributed by atoms with E-state index in [9.17, 15) is 8.42 Å². The molecule has 1 aromatic heterocycles. The molecule has 0 fully saturated rings. The van der Waals surface area contributed by atoms with E-state index in [2.05, 4.69) is 23.9 Å². The average Bonchev–Trinajstić information content (AvgIpc) is 2.86. The van der Waals surface area contributed by atoms with Crippen molar-refractivity contribution in [1.82, 2.24) is 10.0 Å². The minimum atomic E-state index is -3.37. The molecule has 2 N–H and O–H groups in total. The summed E-state index contributed by atoms with van der Waals surface area (Å²) in [5.41, 5.74) is 0. The smallest absolute Gasteiger partial charge is 0.241 e. The van der Waals surface area contributed by atoms with Gasteiger partial charge in [-0.3, -0.25) is 0 Å². The van der Waals surface area contributed by atoms with Gasteiger partial charge in [0, 0.05) is 22.8 Å². The first-order valence-corrected chi connectivity index (χ1v) is 9.66. The Morgan fingerprint density at radius 3 is 2.70 bits per heavy atom.